The van der Waals surface area contributed by atoms with Gasteiger partial charge in [0, 0.05) is 0 Å². The Hall–Kier alpha value is -1.97. The van der Waals surface area contributed by atoms with Crippen LogP contribution in [0, 0.1) is 0 Å². The first-order chi connectivity index (χ1) is 20.3. The van der Waals surface area contributed by atoms with Crippen molar-refractivity contribution in [1.82, 2.24) is 3.26 Å². The van der Waals surface area contributed by atoms with Gasteiger partial charge in [-0.15, -0.1) is 0 Å². The Kier molecular flexibility index (Phi) is 15.5. The molecule has 0 unspecified atom stereocenters. The summed E-state index contributed by atoms with van der Waals surface area (Å²) in [6.07, 6.45) is 12.1. The molecule has 0 fully saturated rings. The van der Waals surface area contributed by atoms with E-state index in [2.05, 4.69) is 119 Å². The van der Waals surface area contributed by atoms with Crippen LogP contribution in [-0.4, -0.2) is 11.8 Å². The van der Waals surface area contributed by atoms with Crippen LogP contribution in [0.4, 0.5) is 0 Å². The Balaban J connectivity index is 0.00000253. The normalized spacial score (nSPS) is 11.7. The molecule has 0 spiro atoms. The summed E-state index contributed by atoms with van der Waals surface area (Å²) in [6, 6.07) is 40.1. The van der Waals surface area contributed by atoms with Crippen LogP contribution in [0.3, 0.4) is 0 Å². The zero-order valence-electron chi connectivity index (χ0n) is 25.3. The van der Waals surface area contributed by atoms with Crippen molar-refractivity contribution in [2.24, 2.45) is 0 Å². The van der Waals surface area contributed by atoms with Crippen molar-refractivity contribution in [3.8, 4) is 11.1 Å². The molecule has 0 saturated carbocycles. The zero-order valence-corrected chi connectivity index (χ0v) is 30.4. The van der Waals surface area contributed by atoms with Crippen LogP contribution in [0.2, 0.25) is 0 Å². The number of benzene rings is 4. The van der Waals surface area contributed by atoms with E-state index in [-0.39, 0.29) is 30.7 Å². The molecular weight excluding hydrogens is 665 g/mol. The summed E-state index contributed by atoms with van der Waals surface area (Å²) in [5, 5.41) is 2.91. The summed E-state index contributed by atoms with van der Waals surface area (Å²) >= 11 is -2.74. The molecule has 2 nitrogen and oxygen atoms in total. The smallest absolute Gasteiger partial charge is 1.00 e. The summed E-state index contributed by atoms with van der Waals surface area (Å²) in [5.74, 6) is -1.41. The Labute approximate surface area is 280 Å². The van der Waals surface area contributed by atoms with E-state index in [1.807, 2.05) is 0 Å². The molecule has 43 heavy (non-hydrogen) atoms. The molecule has 0 bridgehead atoms. The minimum absolute atomic E-state index is 0. The molecule has 0 atom stereocenters. The number of nitrogens with one attached hydrogen (secondary N) is 1. The number of rotatable bonds is 15. The summed E-state index contributed by atoms with van der Waals surface area (Å²) in [6.45, 7) is 2.27. The van der Waals surface area contributed by atoms with Crippen LogP contribution >= 0.6 is 0 Å². The predicted octanol–water partition coefficient (Wildman–Crippen LogP) is 1.87. The van der Waals surface area contributed by atoms with Crippen molar-refractivity contribution in [2.45, 2.75) is 74.8 Å². The molecule has 0 aliphatic heterocycles. The summed E-state index contributed by atoms with van der Waals surface area (Å²) in [5.41, 5.74) is 5.56. The molecule has 6 heteroatoms. The SMILES string of the molecule is CCCCCCCCCCCC(=O)[NH][Zr+2]([CH]1c2ccccc2-c2ccccc21)[SiH](c1ccccc1)c1ccccc1.[Cl-].[Cl-]. The van der Waals surface area contributed by atoms with Crippen molar-refractivity contribution >= 4 is 22.2 Å². The van der Waals surface area contributed by atoms with Gasteiger partial charge in [0.05, 0.1) is 0 Å². The van der Waals surface area contributed by atoms with Gasteiger partial charge in [0.15, 0.2) is 0 Å². The van der Waals surface area contributed by atoms with E-state index >= 15 is 0 Å². The van der Waals surface area contributed by atoms with Crippen LogP contribution in [0.1, 0.15) is 85.9 Å². The van der Waals surface area contributed by atoms with E-state index < -0.39 is 27.1 Å². The third-order valence-electron chi connectivity index (χ3n) is 8.51. The Morgan fingerprint density at radius 2 is 1.02 bits per heavy atom. The van der Waals surface area contributed by atoms with Crippen LogP contribution in [0.25, 0.3) is 11.1 Å². The van der Waals surface area contributed by atoms with Crippen LogP contribution in [0.15, 0.2) is 109 Å². The van der Waals surface area contributed by atoms with Gasteiger partial charge in [-0.1, -0.05) is 6.92 Å². The summed E-state index contributed by atoms with van der Waals surface area (Å²) in [4.78, 5) is 13.8. The van der Waals surface area contributed by atoms with E-state index in [4.69, 9.17) is 0 Å². The molecule has 0 aromatic heterocycles. The van der Waals surface area contributed by atoms with Crippen molar-refractivity contribution in [2.75, 3.05) is 0 Å². The molecule has 1 aliphatic carbocycles. The van der Waals surface area contributed by atoms with Gasteiger partial charge < -0.3 is 24.8 Å². The summed E-state index contributed by atoms with van der Waals surface area (Å²) in [7, 11) is 0. The number of amides is 1. The molecule has 1 aliphatic rings. The monoisotopic (exact) mass is 706 g/mol. The van der Waals surface area contributed by atoms with Gasteiger partial charge in [0.1, 0.15) is 0 Å². The molecule has 0 saturated heterocycles. The molecule has 1 amide bonds. The second-order valence-electron chi connectivity index (χ2n) is 11.4. The second kappa shape index (κ2) is 18.7. The van der Waals surface area contributed by atoms with Crippen LogP contribution in [0.5, 0.6) is 0 Å². The molecular formula is C37H44Cl2NOSiZr. The van der Waals surface area contributed by atoms with Crippen LogP contribution in [-0.2, 0) is 26.0 Å². The largest absolute Gasteiger partial charge is 1.00 e. The first kappa shape index (κ1) is 35.5. The van der Waals surface area contributed by atoms with Gasteiger partial charge in [-0.05, 0) is 0 Å². The molecule has 0 heterocycles. The second-order valence-corrected chi connectivity index (χ2v) is 25.9. The van der Waals surface area contributed by atoms with Gasteiger partial charge in [0.25, 0.3) is 0 Å². The van der Waals surface area contributed by atoms with Crippen molar-refractivity contribution in [1.29, 1.82) is 0 Å². The maximum absolute atomic E-state index is 13.8. The number of fused-ring (bicyclic) bond motifs is 3. The number of hydrogen-bond donors (Lipinski definition) is 1. The van der Waals surface area contributed by atoms with E-state index in [0.717, 1.165) is 12.8 Å². The van der Waals surface area contributed by atoms with Gasteiger partial charge in [-0.25, -0.2) is 0 Å². The third-order valence-corrected chi connectivity index (χ3v) is 28.0. The van der Waals surface area contributed by atoms with E-state index in [0.29, 0.717) is 10.0 Å². The first-order valence-electron chi connectivity index (χ1n) is 15.7. The predicted molar refractivity (Wildman–Crippen MR) is 173 cm³/mol. The first-order valence-corrected chi connectivity index (χ1v) is 24.4. The van der Waals surface area contributed by atoms with Gasteiger partial charge in [0.2, 0.25) is 0 Å². The average molecular weight is 709 g/mol. The molecule has 0 radical (unpaired) electrons. The summed E-state index contributed by atoms with van der Waals surface area (Å²) < 4.78 is 4.21. The van der Waals surface area contributed by atoms with Crippen molar-refractivity contribution in [3.63, 3.8) is 0 Å². The maximum Gasteiger partial charge on any atom is -1.00 e. The minimum atomic E-state index is -2.74. The quantitative estimate of drug-likeness (QED) is 0.149. The fourth-order valence-electron chi connectivity index (χ4n) is 6.46. The van der Waals surface area contributed by atoms with Crippen LogP contribution < -0.4 is 38.4 Å². The number of carbonyl (C=O) groups is 1. The number of halogens is 2. The number of carbonyl (C=O) groups excluding carboxylic acids is 1. The molecule has 1 N–H and O–H groups in total. The molecule has 225 valence electrons. The molecule has 5 rings (SSSR count). The van der Waals surface area contributed by atoms with E-state index in [1.165, 1.54) is 77.6 Å². The fourth-order valence-corrected chi connectivity index (χ4v) is 28.3. The Bertz CT molecular complexity index is 1300. The van der Waals surface area contributed by atoms with Gasteiger partial charge in [-0.3, -0.25) is 0 Å². The zero-order chi connectivity index (χ0) is 28.3. The third kappa shape index (κ3) is 9.27. The number of unbranched alkanes of at least 4 members (excludes halogenated alkanes) is 8. The van der Waals surface area contributed by atoms with Crippen molar-refractivity contribution < 1.29 is 50.8 Å². The number of hydrogen-bond acceptors (Lipinski definition) is 1. The maximum atomic E-state index is 13.8. The van der Waals surface area contributed by atoms with Gasteiger partial charge in [-0.2, -0.15) is 0 Å². The topological polar surface area (TPSA) is 29.1 Å². The van der Waals surface area contributed by atoms with E-state index in [1.54, 1.807) is 0 Å². The standard InChI is InChI=1S/C13H9.C12H25NO.C12H11Si.2ClH.Zr/c1-3-7-12-10(5-1)9-11-6-2-4-8-13(11)12;1-2-3-4-5-6-7-8-9-10-11-12(13)14;1-3-7-11(8-4-1)13-12-9-5-2-6-10-12;;;/h1-9H;2-11H2,1H3,(H2,13,14);1-10,13H;2*1H;/q;;;;;+3/p-3. The Morgan fingerprint density at radius 3 is 1.51 bits per heavy atom. The minimum Gasteiger partial charge on any atom is -1.00 e. The fraction of sp³-hybridized carbons (Fsp3) is 0.324. The van der Waals surface area contributed by atoms with E-state index in [9.17, 15) is 4.79 Å². The van der Waals surface area contributed by atoms with Gasteiger partial charge >= 0.3 is 251 Å². The molecule has 4 aromatic carbocycles. The Morgan fingerprint density at radius 1 is 0.605 bits per heavy atom. The molecule has 4 aromatic rings. The average Bonchev–Trinajstić information content (AvgIpc) is 3.35. The van der Waals surface area contributed by atoms with Crippen molar-refractivity contribution in [3.05, 3.63) is 120 Å².